The predicted molar refractivity (Wildman–Crippen MR) is 88.8 cm³/mol. The highest BCUT2D eigenvalue weighted by atomic mass is 19.1. The molecule has 1 aromatic heterocycles. The zero-order valence-electron chi connectivity index (χ0n) is 14.1. The molecule has 2 heterocycles. The van der Waals surface area contributed by atoms with Crippen molar-refractivity contribution in [3.05, 3.63) is 30.0 Å². The maximum atomic E-state index is 13.3. The SMILES string of the molecule is COc1cnc2c(B3OC(C)(C)C(C)(C)O3)cc(CF)cc2c1. The van der Waals surface area contributed by atoms with Crippen LogP contribution in [0.2, 0.25) is 0 Å². The van der Waals surface area contributed by atoms with E-state index in [0.717, 1.165) is 16.4 Å². The highest BCUT2D eigenvalue weighted by Crippen LogP contribution is 2.37. The summed E-state index contributed by atoms with van der Waals surface area (Å²) in [7, 11) is 1.01. The Morgan fingerprint density at radius 3 is 2.35 bits per heavy atom. The van der Waals surface area contributed by atoms with Crippen LogP contribution >= 0.6 is 0 Å². The molecular weight excluding hydrogens is 296 g/mol. The lowest BCUT2D eigenvalue weighted by molar-refractivity contribution is 0.00578. The average molecular weight is 317 g/mol. The first-order valence-electron chi connectivity index (χ1n) is 7.65. The highest BCUT2D eigenvalue weighted by Gasteiger charge is 2.52. The Kier molecular flexibility index (Phi) is 3.85. The van der Waals surface area contributed by atoms with Crippen molar-refractivity contribution < 1.29 is 18.4 Å². The molecule has 0 atom stereocenters. The minimum absolute atomic E-state index is 0.456. The molecule has 1 aliphatic heterocycles. The second-order valence-electron chi connectivity index (χ2n) is 6.85. The van der Waals surface area contributed by atoms with E-state index in [1.54, 1.807) is 25.4 Å². The van der Waals surface area contributed by atoms with Gasteiger partial charge in [0, 0.05) is 10.8 Å². The van der Waals surface area contributed by atoms with Gasteiger partial charge in [-0.1, -0.05) is 6.07 Å². The summed E-state index contributed by atoms with van der Waals surface area (Å²) >= 11 is 0. The molecule has 2 aromatic rings. The molecule has 4 nitrogen and oxygen atoms in total. The number of nitrogens with zero attached hydrogens (tertiary/aromatic N) is 1. The lowest BCUT2D eigenvalue weighted by atomic mass is 9.76. The van der Waals surface area contributed by atoms with E-state index in [1.807, 2.05) is 33.8 Å². The van der Waals surface area contributed by atoms with Crippen molar-refractivity contribution in [2.24, 2.45) is 0 Å². The van der Waals surface area contributed by atoms with Gasteiger partial charge in [-0.15, -0.1) is 0 Å². The summed E-state index contributed by atoms with van der Waals surface area (Å²) in [5, 5.41) is 0.809. The summed E-state index contributed by atoms with van der Waals surface area (Å²) in [6.45, 7) is 7.41. The summed E-state index contributed by atoms with van der Waals surface area (Å²) in [5.74, 6) is 0.633. The van der Waals surface area contributed by atoms with Gasteiger partial charge in [0.25, 0.3) is 0 Å². The lowest BCUT2D eigenvalue weighted by Gasteiger charge is -2.32. The summed E-state index contributed by atoms with van der Waals surface area (Å²) in [4.78, 5) is 4.46. The first-order valence-corrected chi connectivity index (χ1v) is 7.65. The van der Waals surface area contributed by atoms with Crippen molar-refractivity contribution in [1.29, 1.82) is 0 Å². The summed E-state index contributed by atoms with van der Waals surface area (Å²) < 4.78 is 30.7. The van der Waals surface area contributed by atoms with Gasteiger partial charge in [0.1, 0.15) is 12.4 Å². The molecule has 0 aliphatic carbocycles. The normalized spacial score (nSPS) is 19.3. The number of hydrogen-bond acceptors (Lipinski definition) is 4. The second-order valence-corrected chi connectivity index (χ2v) is 6.85. The van der Waals surface area contributed by atoms with Crippen LogP contribution in [0.4, 0.5) is 4.39 Å². The summed E-state index contributed by atoms with van der Waals surface area (Å²) in [5.41, 5.74) is 1.14. The number of alkyl halides is 1. The minimum Gasteiger partial charge on any atom is -0.495 e. The van der Waals surface area contributed by atoms with E-state index in [4.69, 9.17) is 14.0 Å². The van der Waals surface area contributed by atoms with Crippen LogP contribution < -0.4 is 10.2 Å². The maximum absolute atomic E-state index is 13.3. The van der Waals surface area contributed by atoms with Crippen LogP contribution in [0, 0.1) is 0 Å². The monoisotopic (exact) mass is 317 g/mol. The van der Waals surface area contributed by atoms with Crippen LogP contribution in [0.5, 0.6) is 5.75 Å². The van der Waals surface area contributed by atoms with Crippen molar-refractivity contribution in [3.63, 3.8) is 0 Å². The smallest absolute Gasteiger partial charge is 0.495 e. The number of benzene rings is 1. The number of hydrogen-bond donors (Lipinski definition) is 0. The Hall–Kier alpha value is -1.66. The fourth-order valence-electron chi connectivity index (χ4n) is 2.66. The van der Waals surface area contributed by atoms with Gasteiger partial charge in [-0.25, -0.2) is 4.39 Å². The Morgan fingerprint density at radius 2 is 1.78 bits per heavy atom. The van der Waals surface area contributed by atoms with Gasteiger partial charge < -0.3 is 14.0 Å². The third-order valence-corrected chi connectivity index (χ3v) is 4.74. The van der Waals surface area contributed by atoms with Crippen molar-refractivity contribution in [1.82, 2.24) is 4.98 Å². The van der Waals surface area contributed by atoms with Crippen LogP contribution in [0.15, 0.2) is 24.4 Å². The molecular formula is C17H21BFNO3. The number of ether oxygens (including phenoxy) is 1. The number of aromatic nitrogens is 1. The highest BCUT2D eigenvalue weighted by molar-refractivity contribution is 6.65. The first-order chi connectivity index (χ1) is 10.8. The van der Waals surface area contributed by atoms with E-state index < -0.39 is 25.0 Å². The second kappa shape index (κ2) is 5.46. The largest absolute Gasteiger partial charge is 0.497 e. The van der Waals surface area contributed by atoms with Crippen molar-refractivity contribution in [3.8, 4) is 5.75 Å². The Bertz CT molecular complexity index is 727. The number of methoxy groups -OCH3 is 1. The number of halogens is 1. The molecule has 0 saturated carbocycles. The van der Waals surface area contributed by atoms with Crippen LogP contribution in [0.1, 0.15) is 33.3 Å². The van der Waals surface area contributed by atoms with Gasteiger partial charge in [0.2, 0.25) is 0 Å². The van der Waals surface area contributed by atoms with Crippen LogP contribution in [-0.4, -0.2) is 30.4 Å². The van der Waals surface area contributed by atoms with Crippen LogP contribution in [0.3, 0.4) is 0 Å². The molecule has 122 valence electrons. The molecule has 0 unspecified atom stereocenters. The van der Waals surface area contributed by atoms with E-state index in [1.165, 1.54) is 0 Å². The van der Waals surface area contributed by atoms with Crippen LogP contribution in [-0.2, 0) is 16.0 Å². The average Bonchev–Trinajstić information content (AvgIpc) is 2.73. The van der Waals surface area contributed by atoms with Gasteiger partial charge in [0.15, 0.2) is 0 Å². The molecule has 1 fully saturated rings. The van der Waals surface area contributed by atoms with Crippen molar-refractivity contribution >= 4 is 23.5 Å². The number of rotatable bonds is 3. The van der Waals surface area contributed by atoms with Gasteiger partial charge >= 0.3 is 7.12 Å². The number of fused-ring (bicyclic) bond motifs is 1. The summed E-state index contributed by atoms with van der Waals surface area (Å²) in [6, 6.07) is 5.39. The fraction of sp³-hybridized carbons (Fsp3) is 0.471. The van der Waals surface area contributed by atoms with Crippen LogP contribution in [0.25, 0.3) is 10.9 Å². The quantitative estimate of drug-likeness (QED) is 0.816. The molecule has 6 heteroatoms. The van der Waals surface area contributed by atoms with Crippen molar-refractivity contribution in [2.75, 3.05) is 7.11 Å². The standard InChI is InChI=1S/C17H21BFNO3/c1-16(2)17(3,4)23-18(22-16)14-7-11(9-19)6-12-8-13(21-5)10-20-15(12)14/h6-8,10H,9H2,1-5H3. The lowest BCUT2D eigenvalue weighted by Crippen LogP contribution is -2.41. The molecule has 0 bridgehead atoms. The van der Waals surface area contributed by atoms with Gasteiger partial charge in [0.05, 0.1) is 30.0 Å². The molecule has 1 aromatic carbocycles. The van der Waals surface area contributed by atoms with Crippen molar-refractivity contribution in [2.45, 2.75) is 45.6 Å². The zero-order chi connectivity index (χ0) is 16.8. The van der Waals surface area contributed by atoms with E-state index in [9.17, 15) is 4.39 Å². The topological polar surface area (TPSA) is 40.6 Å². The third-order valence-electron chi connectivity index (χ3n) is 4.74. The van der Waals surface area contributed by atoms with Gasteiger partial charge in [-0.2, -0.15) is 0 Å². The maximum Gasteiger partial charge on any atom is 0.497 e. The molecule has 0 spiro atoms. The van der Waals surface area contributed by atoms with Gasteiger partial charge in [-0.05, 0) is 45.4 Å². The first kappa shape index (κ1) is 16.2. The zero-order valence-corrected chi connectivity index (χ0v) is 14.1. The molecule has 0 N–H and O–H groups in total. The molecule has 1 aliphatic rings. The van der Waals surface area contributed by atoms with E-state index in [2.05, 4.69) is 4.98 Å². The molecule has 3 rings (SSSR count). The third kappa shape index (κ3) is 2.70. The number of pyridine rings is 1. The Balaban J connectivity index is 2.14. The molecule has 0 radical (unpaired) electrons. The van der Waals surface area contributed by atoms with E-state index in [0.29, 0.717) is 11.3 Å². The predicted octanol–water partition coefficient (Wildman–Crippen LogP) is 3.01. The minimum atomic E-state index is -0.574. The fourth-order valence-corrected chi connectivity index (χ4v) is 2.66. The summed E-state index contributed by atoms with van der Waals surface area (Å²) in [6.07, 6.45) is 1.65. The van der Waals surface area contributed by atoms with E-state index >= 15 is 0 Å². The molecule has 1 saturated heterocycles. The molecule has 0 amide bonds. The van der Waals surface area contributed by atoms with Gasteiger partial charge in [-0.3, -0.25) is 4.98 Å². The van der Waals surface area contributed by atoms with E-state index in [-0.39, 0.29) is 0 Å². The molecule has 23 heavy (non-hydrogen) atoms. The Labute approximate surface area is 136 Å². The Morgan fingerprint density at radius 1 is 1.13 bits per heavy atom.